The summed E-state index contributed by atoms with van der Waals surface area (Å²) in [6.07, 6.45) is 2.02. The summed E-state index contributed by atoms with van der Waals surface area (Å²) in [5, 5.41) is 8.10. The maximum absolute atomic E-state index is 4.55. The second kappa shape index (κ2) is 5.87. The fourth-order valence-corrected chi connectivity index (χ4v) is 2.09. The predicted molar refractivity (Wildman–Crippen MR) is 77.7 cm³/mol. The zero-order valence-corrected chi connectivity index (χ0v) is 13.0. The Morgan fingerprint density at radius 1 is 1.22 bits per heavy atom. The van der Waals surface area contributed by atoms with Gasteiger partial charge in [-0.2, -0.15) is 5.10 Å². The largest absolute Gasteiger partial charge is 0.308 e. The van der Waals surface area contributed by atoms with Crippen LogP contribution < -0.4 is 5.32 Å². The molecular weight excluding hydrogens is 222 g/mol. The summed E-state index contributed by atoms with van der Waals surface area (Å²) >= 11 is 0. The van der Waals surface area contributed by atoms with Crippen molar-refractivity contribution in [2.24, 2.45) is 5.92 Å². The monoisotopic (exact) mass is 251 g/mol. The highest BCUT2D eigenvalue weighted by molar-refractivity contribution is 5.21. The Bertz CT molecular complexity index is 370. The van der Waals surface area contributed by atoms with E-state index in [1.807, 2.05) is 6.20 Å². The predicted octanol–water partition coefficient (Wildman–Crippen LogP) is 3.55. The molecule has 0 radical (unpaired) electrons. The van der Waals surface area contributed by atoms with Crippen LogP contribution in [0.1, 0.15) is 65.6 Å². The first-order chi connectivity index (χ1) is 8.20. The molecule has 0 aliphatic heterocycles. The molecule has 0 aliphatic rings. The van der Waals surface area contributed by atoms with Gasteiger partial charge in [-0.3, -0.25) is 4.68 Å². The van der Waals surface area contributed by atoms with Crippen LogP contribution in [0.3, 0.4) is 0 Å². The van der Waals surface area contributed by atoms with Crippen molar-refractivity contribution in [1.29, 1.82) is 0 Å². The first-order valence-electron chi connectivity index (χ1n) is 7.00. The zero-order valence-electron chi connectivity index (χ0n) is 13.0. The van der Waals surface area contributed by atoms with Crippen molar-refractivity contribution in [1.82, 2.24) is 15.1 Å². The van der Waals surface area contributed by atoms with Crippen LogP contribution in [0.5, 0.6) is 0 Å². The van der Waals surface area contributed by atoms with E-state index in [9.17, 15) is 0 Å². The molecule has 1 N–H and O–H groups in total. The molecule has 0 atom stereocenters. The molecule has 0 unspecified atom stereocenters. The van der Waals surface area contributed by atoms with E-state index in [2.05, 4.69) is 63.6 Å². The number of aromatic nitrogens is 2. The van der Waals surface area contributed by atoms with Crippen LogP contribution in [-0.4, -0.2) is 15.3 Å². The Morgan fingerprint density at radius 2 is 1.83 bits per heavy atom. The Kier molecular flexibility index (Phi) is 4.97. The summed E-state index contributed by atoms with van der Waals surface area (Å²) < 4.78 is 2.18. The van der Waals surface area contributed by atoms with Crippen LogP contribution in [0, 0.1) is 5.92 Å². The topological polar surface area (TPSA) is 29.9 Å². The Morgan fingerprint density at radius 3 is 2.28 bits per heavy atom. The fourth-order valence-electron chi connectivity index (χ4n) is 2.09. The van der Waals surface area contributed by atoms with E-state index in [0.717, 1.165) is 13.1 Å². The standard InChI is InChI=1S/C15H29N3/c1-11(2)10-18-14(12(3)4)13(9-17-18)8-16-15(5,6)7/h9,11-12,16H,8,10H2,1-7H3. The van der Waals surface area contributed by atoms with E-state index >= 15 is 0 Å². The van der Waals surface area contributed by atoms with Crippen molar-refractivity contribution in [3.63, 3.8) is 0 Å². The van der Waals surface area contributed by atoms with E-state index < -0.39 is 0 Å². The van der Waals surface area contributed by atoms with Gasteiger partial charge in [-0.1, -0.05) is 27.7 Å². The molecule has 3 heteroatoms. The van der Waals surface area contributed by atoms with Crippen LogP contribution in [0.2, 0.25) is 0 Å². The smallest absolute Gasteiger partial charge is 0.0537 e. The summed E-state index contributed by atoms with van der Waals surface area (Å²) in [6.45, 7) is 17.4. The summed E-state index contributed by atoms with van der Waals surface area (Å²) in [4.78, 5) is 0. The second-order valence-corrected chi connectivity index (χ2v) is 6.89. The summed E-state index contributed by atoms with van der Waals surface area (Å²) in [6, 6.07) is 0. The normalized spacial score (nSPS) is 12.7. The third-order valence-corrected chi connectivity index (χ3v) is 2.85. The van der Waals surface area contributed by atoms with Gasteiger partial charge in [0.2, 0.25) is 0 Å². The van der Waals surface area contributed by atoms with Crippen molar-refractivity contribution < 1.29 is 0 Å². The minimum atomic E-state index is 0.147. The SMILES string of the molecule is CC(C)Cn1ncc(CNC(C)(C)C)c1C(C)C. The lowest BCUT2D eigenvalue weighted by molar-refractivity contribution is 0.420. The van der Waals surface area contributed by atoms with Gasteiger partial charge in [0.05, 0.1) is 6.20 Å². The van der Waals surface area contributed by atoms with Crippen LogP contribution >= 0.6 is 0 Å². The Balaban J connectivity index is 2.88. The molecule has 3 nitrogen and oxygen atoms in total. The molecule has 1 heterocycles. The molecule has 0 aromatic carbocycles. The zero-order chi connectivity index (χ0) is 13.9. The van der Waals surface area contributed by atoms with Crippen molar-refractivity contribution in [3.05, 3.63) is 17.5 Å². The van der Waals surface area contributed by atoms with Gasteiger partial charge in [0.1, 0.15) is 0 Å². The quantitative estimate of drug-likeness (QED) is 0.867. The molecule has 0 fully saturated rings. The van der Waals surface area contributed by atoms with Crippen molar-refractivity contribution in [2.75, 3.05) is 0 Å². The number of hydrogen-bond acceptors (Lipinski definition) is 2. The van der Waals surface area contributed by atoms with E-state index in [4.69, 9.17) is 0 Å². The molecule has 0 saturated carbocycles. The van der Waals surface area contributed by atoms with Crippen LogP contribution in [0.25, 0.3) is 0 Å². The average molecular weight is 251 g/mol. The molecule has 0 bridgehead atoms. The molecule has 0 aliphatic carbocycles. The average Bonchev–Trinajstić information content (AvgIpc) is 2.55. The molecular formula is C15H29N3. The third kappa shape index (κ3) is 4.45. The number of nitrogens with one attached hydrogen (secondary N) is 1. The highest BCUT2D eigenvalue weighted by Crippen LogP contribution is 2.21. The molecule has 104 valence electrons. The van der Waals surface area contributed by atoms with Crippen molar-refractivity contribution in [2.45, 2.75) is 73.0 Å². The maximum atomic E-state index is 4.55. The van der Waals surface area contributed by atoms with E-state index in [0.29, 0.717) is 11.8 Å². The number of hydrogen-bond donors (Lipinski definition) is 1. The van der Waals surface area contributed by atoms with Crippen molar-refractivity contribution >= 4 is 0 Å². The number of nitrogens with zero attached hydrogens (tertiary/aromatic N) is 2. The lowest BCUT2D eigenvalue weighted by Crippen LogP contribution is -2.35. The van der Waals surface area contributed by atoms with Gasteiger partial charge in [-0.25, -0.2) is 0 Å². The molecule has 0 amide bonds. The summed E-state index contributed by atoms with van der Waals surface area (Å²) in [5.74, 6) is 1.15. The van der Waals surface area contributed by atoms with E-state index in [1.54, 1.807) is 0 Å². The summed E-state index contributed by atoms with van der Waals surface area (Å²) in [7, 11) is 0. The van der Waals surface area contributed by atoms with Gasteiger partial charge < -0.3 is 5.32 Å². The highest BCUT2D eigenvalue weighted by Gasteiger charge is 2.17. The van der Waals surface area contributed by atoms with Gasteiger partial charge in [0.25, 0.3) is 0 Å². The Hall–Kier alpha value is -0.830. The van der Waals surface area contributed by atoms with Crippen molar-refractivity contribution in [3.8, 4) is 0 Å². The van der Waals surface area contributed by atoms with Crippen LogP contribution in [-0.2, 0) is 13.1 Å². The lowest BCUT2D eigenvalue weighted by Gasteiger charge is -2.21. The van der Waals surface area contributed by atoms with Gasteiger partial charge in [-0.15, -0.1) is 0 Å². The third-order valence-electron chi connectivity index (χ3n) is 2.85. The maximum Gasteiger partial charge on any atom is 0.0537 e. The van der Waals surface area contributed by atoms with Gasteiger partial charge >= 0.3 is 0 Å². The molecule has 1 aromatic rings. The minimum Gasteiger partial charge on any atom is -0.308 e. The van der Waals surface area contributed by atoms with E-state index in [1.165, 1.54) is 11.3 Å². The van der Waals surface area contributed by atoms with E-state index in [-0.39, 0.29) is 5.54 Å². The van der Waals surface area contributed by atoms with Gasteiger partial charge in [-0.05, 0) is 32.6 Å². The highest BCUT2D eigenvalue weighted by atomic mass is 15.3. The lowest BCUT2D eigenvalue weighted by atomic mass is 10.0. The molecule has 1 aromatic heterocycles. The molecule has 18 heavy (non-hydrogen) atoms. The van der Waals surface area contributed by atoms with Gasteiger partial charge in [0.15, 0.2) is 0 Å². The molecule has 0 saturated heterocycles. The first kappa shape index (κ1) is 15.2. The molecule has 1 rings (SSSR count). The Labute approximate surface area is 112 Å². The summed E-state index contributed by atoms with van der Waals surface area (Å²) in [5.41, 5.74) is 2.86. The number of rotatable bonds is 5. The minimum absolute atomic E-state index is 0.147. The first-order valence-corrected chi connectivity index (χ1v) is 7.00. The second-order valence-electron chi connectivity index (χ2n) is 6.89. The van der Waals surface area contributed by atoms with Crippen LogP contribution in [0.4, 0.5) is 0 Å². The van der Waals surface area contributed by atoms with Crippen LogP contribution in [0.15, 0.2) is 6.20 Å². The molecule has 0 spiro atoms. The van der Waals surface area contributed by atoms with Gasteiger partial charge in [0, 0.05) is 29.9 Å². The fraction of sp³-hybridized carbons (Fsp3) is 0.800.